The van der Waals surface area contributed by atoms with Crippen molar-refractivity contribution in [3.8, 4) is 0 Å². The number of rotatable bonds is 9. The number of ether oxygens (including phenoxy) is 1. The van der Waals surface area contributed by atoms with Crippen molar-refractivity contribution in [1.29, 1.82) is 0 Å². The van der Waals surface area contributed by atoms with Gasteiger partial charge in [-0.2, -0.15) is 0 Å². The lowest BCUT2D eigenvalue weighted by Gasteiger charge is -2.36. The van der Waals surface area contributed by atoms with Crippen LogP contribution in [0.25, 0.3) is 0 Å². The first-order valence-corrected chi connectivity index (χ1v) is 16.8. The molecule has 1 aromatic rings. The second-order valence-electron chi connectivity index (χ2n) is 11.3. The Bertz CT molecular complexity index is 665. The average Bonchev–Trinajstić information content (AvgIpc) is 2.61. The van der Waals surface area contributed by atoms with E-state index in [9.17, 15) is 4.79 Å². The molecule has 0 heterocycles. The average molecular weight is 453 g/mol. The Morgan fingerprint density at radius 1 is 0.767 bits per heavy atom. The minimum atomic E-state index is -1.84. The van der Waals surface area contributed by atoms with E-state index in [2.05, 4.69) is 85.9 Å². The zero-order valence-corrected chi connectivity index (χ0v) is 23.2. The minimum Gasteiger partial charge on any atom is -0.469 e. The molecule has 0 aliphatic heterocycles. The quantitative estimate of drug-likeness (QED) is 0.304. The van der Waals surface area contributed by atoms with Crippen LogP contribution >= 0.6 is 0 Å². The summed E-state index contributed by atoms with van der Waals surface area (Å²) < 4.78 is 17.7. The Balaban J connectivity index is 3.06. The molecule has 4 nitrogen and oxygen atoms in total. The maximum absolute atomic E-state index is 11.6. The summed E-state index contributed by atoms with van der Waals surface area (Å²) in [5.74, 6) is -0.183. The molecule has 172 valence electrons. The number of esters is 1. The minimum absolute atomic E-state index is 0.170. The van der Waals surface area contributed by atoms with Crippen LogP contribution in [-0.4, -0.2) is 29.7 Å². The molecular weight excluding hydrogens is 408 g/mol. The highest BCUT2D eigenvalue weighted by Crippen LogP contribution is 2.38. The van der Waals surface area contributed by atoms with Gasteiger partial charge in [0.15, 0.2) is 16.6 Å². The summed E-state index contributed by atoms with van der Waals surface area (Å²) in [7, 11) is -2.24. The largest absolute Gasteiger partial charge is 0.469 e. The van der Waals surface area contributed by atoms with Crippen LogP contribution in [0.2, 0.25) is 36.3 Å². The van der Waals surface area contributed by atoms with Gasteiger partial charge < -0.3 is 13.6 Å². The van der Waals surface area contributed by atoms with Gasteiger partial charge in [-0.05, 0) is 59.4 Å². The van der Waals surface area contributed by atoms with E-state index in [0.29, 0.717) is 26.1 Å². The van der Waals surface area contributed by atoms with E-state index in [1.807, 2.05) is 0 Å². The van der Waals surface area contributed by atoms with E-state index < -0.39 is 16.6 Å². The lowest BCUT2D eigenvalue weighted by Crippen LogP contribution is -2.40. The number of carbonyl (C=O) groups excluding carboxylic acids is 1. The van der Waals surface area contributed by atoms with Crippen molar-refractivity contribution in [2.75, 3.05) is 7.11 Å². The number of hydrogen-bond donors (Lipinski definition) is 0. The molecule has 6 heteroatoms. The summed E-state index contributed by atoms with van der Waals surface area (Å²) in [5, 5.41) is 0.341. The molecule has 0 N–H and O–H groups in total. The van der Waals surface area contributed by atoms with Gasteiger partial charge in [-0.1, -0.05) is 59.7 Å². The highest BCUT2D eigenvalue weighted by molar-refractivity contribution is 6.74. The van der Waals surface area contributed by atoms with Crippen molar-refractivity contribution >= 4 is 22.6 Å². The third kappa shape index (κ3) is 7.95. The van der Waals surface area contributed by atoms with E-state index >= 15 is 0 Å². The van der Waals surface area contributed by atoms with Crippen molar-refractivity contribution < 1.29 is 18.4 Å². The van der Waals surface area contributed by atoms with Crippen LogP contribution in [0, 0.1) is 0 Å². The Labute approximate surface area is 187 Å². The molecule has 0 unspecified atom stereocenters. The monoisotopic (exact) mass is 452 g/mol. The third-order valence-electron chi connectivity index (χ3n) is 6.77. The van der Waals surface area contributed by atoms with Crippen molar-refractivity contribution in [3.05, 3.63) is 34.9 Å². The number of hydrogen-bond acceptors (Lipinski definition) is 4. The normalized spacial score (nSPS) is 13.4. The van der Waals surface area contributed by atoms with Crippen molar-refractivity contribution in [2.24, 2.45) is 0 Å². The molecule has 0 bridgehead atoms. The molecule has 0 spiro atoms. The predicted molar refractivity (Wildman–Crippen MR) is 131 cm³/mol. The molecule has 0 saturated carbocycles. The number of benzene rings is 1. The fourth-order valence-corrected chi connectivity index (χ4v) is 4.38. The van der Waals surface area contributed by atoms with E-state index in [1.165, 1.54) is 7.11 Å². The van der Waals surface area contributed by atoms with E-state index in [4.69, 9.17) is 13.6 Å². The first-order valence-electron chi connectivity index (χ1n) is 10.9. The van der Waals surface area contributed by atoms with Crippen LogP contribution in [0.15, 0.2) is 18.2 Å². The smallest absolute Gasteiger partial charge is 0.305 e. The van der Waals surface area contributed by atoms with Gasteiger partial charge in [0.1, 0.15) is 0 Å². The van der Waals surface area contributed by atoms with Crippen molar-refractivity contribution in [3.63, 3.8) is 0 Å². The Hall–Kier alpha value is -0.956. The van der Waals surface area contributed by atoms with Crippen LogP contribution in [0.5, 0.6) is 0 Å². The Morgan fingerprint density at radius 3 is 1.47 bits per heavy atom. The van der Waals surface area contributed by atoms with Crippen LogP contribution in [0.3, 0.4) is 0 Å². The molecule has 0 atom stereocenters. The summed E-state index contributed by atoms with van der Waals surface area (Å²) in [6, 6.07) is 6.51. The van der Waals surface area contributed by atoms with Crippen LogP contribution < -0.4 is 0 Å². The van der Waals surface area contributed by atoms with E-state index in [0.717, 1.165) is 16.7 Å². The summed E-state index contributed by atoms with van der Waals surface area (Å²) in [6.07, 6.45) is 1.04. The summed E-state index contributed by atoms with van der Waals surface area (Å²) in [4.78, 5) is 11.6. The fraction of sp³-hybridized carbons (Fsp3) is 0.708. The summed E-state index contributed by atoms with van der Waals surface area (Å²) in [6.45, 7) is 23.8. The molecule has 0 radical (unpaired) electrons. The van der Waals surface area contributed by atoms with Gasteiger partial charge >= 0.3 is 5.97 Å². The molecule has 0 aliphatic carbocycles. The zero-order chi connectivity index (χ0) is 23.4. The second kappa shape index (κ2) is 10.1. The van der Waals surface area contributed by atoms with Crippen LogP contribution in [-0.2, 0) is 38.0 Å². The topological polar surface area (TPSA) is 44.8 Å². The first-order chi connectivity index (χ1) is 13.5. The SMILES string of the molecule is COC(=O)CCc1cc(CO[Si](C)(C)C(C)(C)C)cc(CO[Si](C)(C)C(C)(C)C)c1. The Kier molecular flexibility index (Phi) is 9.12. The molecule has 0 saturated heterocycles. The molecule has 0 fully saturated rings. The lowest BCUT2D eigenvalue weighted by molar-refractivity contribution is -0.140. The van der Waals surface area contributed by atoms with Crippen LogP contribution in [0.4, 0.5) is 0 Å². The number of aryl methyl sites for hydroxylation is 1. The van der Waals surface area contributed by atoms with Gasteiger partial charge in [0.2, 0.25) is 0 Å². The molecule has 1 aromatic carbocycles. The molecule has 0 aliphatic rings. The molecule has 0 amide bonds. The van der Waals surface area contributed by atoms with Gasteiger partial charge in [0.05, 0.1) is 20.3 Å². The van der Waals surface area contributed by atoms with Crippen molar-refractivity contribution in [1.82, 2.24) is 0 Å². The highest BCUT2D eigenvalue weighted by atomic mass is 28.4. The summed E-state index contributed by atoms with van der Waals surface area (Å²) in [5.41, 5.74) is 3.43. The van der Waals surface area contributed by atoms with E-state index in [-0.39, 0.29) is 16.0 Å². The number of methoxy groups -OCH3 is 1. The second-order valence-corrected chi connectivity index (χ2v) is 21.0. The van der Waals surface area contributed by atoms with Gasteiger partial charge in [-0.3, -0.25) is 4.79 Å². The maximum Gasteiger partial charge on any atom is 0.305 e. The molecular formula is C24H44O4Si2. The Morgan fingerprint density at radius 2 is 1.13 bits per heavy atom. The highest BCUT2D eigenvalue weighted by Gasteiger charge is 2.38. The fourth-order valence-electron chi connectivity index (χ4n) is 2.46. The summed E-state index contributed by atoms with van der Waals surface area (Å²) >= 11 is 0. The first kappa shape index (κ1) is 27.1. The third-order valence-corrected chi connectivity index (χ3v) is 15.7. The van der Waals surface area contributed by atoms with Crippen LogP contribution in [0.1, 0.15) is 64.7 Å². The maximum atomic E-state index is 11.6. The lowest BCUT2D eigenvalue weighted by atomic mass is 10.0. The van der Waals surface area contributed by atoms with Gasteiger partial charge in [-0.25, -0.2) is 0 Å². The zero-order valence-electron chi connectivity index (χ0n) is 21.2. The molecule has 0 aromatic heterocycles. The van der Waals surface area contributed by atoms with Gasteiger partial charge in [0, 0.05) is 6.42 Å². The van der Waals surface area contributed by atoms with E-state index in [1.54, 1.807) is 0 Å². The molecule has 1 rings (SSSR count). The molecule has 30 heavy (non-hydrogen) atoms. The predicted octanol–water partition coefficient (Wildman–Crippen LogP) is 6.84. The van der Waals surface area contributed by atoms with Gasteiger partial charge in [0.25, 0.3) is 0 Å². The standard InChI is InChI=1S/C24H44O4Si2/c1-23(2,3)29(8,9)27-17-20-14-19(12-13-22(25)26-7)15-21(16-20)18-28-30(10,11)24(4,5)6/h14-16H,12-13,17-18H2,1-11H3. The number of carbonyl (C=O) groups is 1. The van der Waals surface area contributed by atoms with Crippen molar-refractivity contribution in [2.45, 2.75) is 104 Å². The van der Waals surface area contributed by atoms with Gasteiger partial charge in [-0.15, -0.1) is 0 Å².